The van der Waals surface area contributed by atoms with Crippen molar-refractivity contribution >= 4 is 34.9 Å². The van der Waals surface area contributed by atoms with Gasteiger partial charge in [0.15, 0.2) is 17.3 Å². The highest BCUT2D eigenvalue weighted by molar-refractivity contribution is 7.09. The zero-order valence-electron chi connectivity index (χ0n) is 22.5. The number of rotatable bonds is 11. The van der Waals surface area contributed by atoms with Crippen molar-refractivity contribution in [3.05, 3.63) is 58.0 Å². The fourth-order valence-electron chi connectivity index (χ4n) is 3.90. The summed E-state index contributed by atoms with van der Waals surface area (Å²) in [7, 11) is 3.00. The Morgan fingerprint density at radius 1 is 1.11 bits per heavy atom. The topological polar surface area (TPSA) is 123 Å². The minimum Gasteiger partial charge on any atom is -0.493 e. The lowest BCUT2D eigenvalue weighted by atomic mass is 9.99. The van der Waals surface area contributed by atoms with Crippen molar-refractivity contribution in [1.29, 1.82) is 0 Å². The molecule has 38 heavy (non-hydrogen) atoms. The van der Waals surface area contributed by atoms with E-state index in [-0.39, 0.29) is 37.0 Å². The van der Waals surface area contributed by atoms with Gasteiger partial charge >= 0.3 is 0 Å². The zero-order chi connectivity index (χ0) is 27.9. The van der Waals surface area contributed by atoms with Crippen LogP contribution in [0.1, 0.15) is 55.9 Å². The number of methoxy groups -OCH3 is 2. The van der Waals surface area contributed by atoms with Crippen LogP contribution < -0.4 is 20.1 Å². The van der Waals surface area contributed by atoms with Crippen LogP contribution in [0.2, 0.25) is 0 Å². The molecule has 204 valence electrons. The summed E-state index contributed by atoms with van der Waals surface area (Å²) < 4.78 is 16.1. The summed E-state index contributed by atoms with van der Waals surface area (Å²) in [5, 5.41) is 11.3. The number of hydrogen-bond acceptors (Lipinski definition) is 8. The van der Waals surface area contributed by atoms with Crippen LogP contribution in [0.5, 0.6) is 11.5 Å². The molecule has 0 bridgehead atoms. The Hall–Kier alpha value is -3.86. The summed E-state index contributed by atoms with van der Waals surface area (Å²) in [6.45, 7) is 7.48. The predicted octanol–water partition coefficient (Wildman–Crippen LogP) is 4.47. The molecule has 3 amide bonds. The smallest absolute Gasteiger partial charge is 0.248 e. The fourth-order valence-corrected chi connectivity index (χ4v) is 4.61. The first-order valence-corrected chi connectivity index (χ1v) is 13.0. The molecule has 0 spiro atoms. The predicted molar refractivity (Wildman–Crippen MR) is 144 cm³/mol. The van der Waals surface area contributed by atoms with Crippen LogP contribution in [-0.2, 0) is 20.9 Å². The first-order chi connectivity index (χ1) is 18.0. The highest BCUT2D eigenvalue weighted by Crippen LogP contribution is 2.38. The minimum atomic E-state index is -1.05. The van der Waals surface area contributed by atoms with Crippen LogP contribution in [-0.4, -0.2) is 47.5 Å². The lowest BCUT2D eigenvalue weighted by Gasteiger charge is -2.34. The van der Waals surface area contributed by atoms with E-state index in [9.17, 15) is 14.4 Å². The third kappa shape index (κ3) is 7.58. The standard InChI is InChI=1S/C27H34N4O6S/c1-17-15-21(30-37-17)28-22(32)12-13-23(33)31(16-18-9-8-14-38-18)24(26(34)29-27(2,3)4)19-10-7-11-20(35-5)25(19)36-6/h7-11,14-15,24H,12-13,16H2,1-6H3,(H,29,34)(H,28,30,32)/t24-/m1/s1. The minimum absolute atomic E-state index is 0.103. The van der Waals surface area contributed by atoms with Crippen molar-refractivity contribution in [2.75, 3.05) is 19.5 Å². The number of carbonyl (C=O) groups excluding carboxylic acids is 3. The third-order valence-corrected chi connectivity index (χ3v) is 6.34. The van der Waals surface area contributed by atoms with Gasteiger partial charge in [0.2, 0.25) is 17.7 Å². The van der Waals surface area contributed by atoms with Crippen LogP contribution in [0.25, 0.3) is 0 Å². The Bertz CT molecular complexity index is 1250. The maximum atomic E-state index is 13.8. The molecule has 2 N–H and O–H groups in total. The lowest BCUT2D eigenvalue weighted by Crippen LogP contribution is -2.49. The number of benzene rings is 1. The van der Waals surface area contributed by atoms with Crippen molar-refractivity contribution in [1.82, 2.24) is 15.4 Å². The number of anilines is 1. The summed E-state index contributed by atoms with van der Waals surface area (Å²) in [6.07, 6.45) is -0.228. The number of hydrogen-bond donors (Lipinski definition) is 2. The zero-order valence-corrected chi connectivity index (χ0v) is 23.3. The van der Waals surface area contributed by atoms with Crippen molar-refractivity contribution in [3.63, 3.8) is 0 Å². The number of ether oxygens (including phenoxy) is 2. The van der Waals surface area contributed by atoms with Gasteiger partial charge in [0.25, 0.3) is 0 Å². The van der Waals surface area contributed by atoms with Gasteiger partial charge in [-0.2, -0.15) is 0 Å². The average Bonchev–Trinajstić information content (AvgIpc) is 3.52. The van der Waals surface area contributed by atoms with Gasteiger partial charge in [0, 0.05) is 34.9 Å². The van der Waals surface area contributed by atoms with Gasteiger partial charge in [-0.25, -0.2) is 0 Å². The molecule has 0 aliphatic rings. The molecule has 11 heteroatoms. The van der Waals surface area contributed by atoms with Crippen LogP contribution >= 0.6 is 11.3 Å². The maximum absolute atomic E-state index is 13.8. The molecular weight excluding hydrogens is 508 g/mol. The fraction of sp³-hybridized carbons (Fsp3) is 0.407. The number of aryl methyl sites for hydroxylation is 1. The molecule has 10 nitrogen and oxygen atoms in total. The molecule has 2 aromatic heterocycles. The number of nitrogens with zero attached hydrogens (tertiary/aromatic N) is 2. The van der Waals surface area contributed by atoms with E-state index in [1.807, 2.05) is 38.3 Å². The van der Waals surface area contributed by atoms with Gasteiger partial charge in [-0.1, -0.05) is 23.4 Å². The number of thiophene rings is 1. The normalized spacial score (nSPS) is 11.9. The molecule has 0 fully saturated rings. The Morgan fingerprint density at radius 3 is 2.45 bits per heavy atom. The number of para-hydroxylation sites is 1. The van der Waals surface area contributed by atoms with Gasteiger partial charge in [0.1, 0.15) is 11.8 Å². The molecule has 0 aliphatic carbocycles. The molecule has 0 unspecified atom stereocenters. The Morgan fingerprint density at radius 2 is 1.87 bits per heavy atom. The summed E-state index contributed by atoms with van der Waals surface area (Å²) in [5.74, 6) is 0.478. The molecule has 3 rings (SSSR count). The highest BCUT2D eigenvalue weighted by Gasteiger charge is 2.36. The van der Waals surface area contributed by atoms with E-state index >= 15 is 0 Å². The van der Waals surface area contributed by atoms with Crippen LogP contribution in [0.3, 0.4) is 0 Å². The second-order valence-corrected chi connectivity index (χ2v) is 10.7. The number of nitrogens with one attached hydrogen (secondary N) is 2. The monoisotopic (exact) mass is 542 g/mol. The molecule has 3 aromatic rings. The Kier molecular flexibility index (Phi) is 9.51. The van der Waals surface area contributed by atoms with Gasteiger partial charge in [0.05, 0.1) is 20.8 Å². The van der Waals surface area contributed by atoms with E-state index < -0.39 is 17.5 Å². The second kappa shape index (κ2) is 12.6. The van der Waals surface area contributed by atoms with E-state index in [0.29, 0.717) is 22.8 Å². The summed E-state index contributed by atoms with van der Waals surface area (Å²) in [4.78, 5) is 42.4. The number of carbonyl (C=O) groups is 3. The van der Waals surface area contributed by atoms with E-state index in [1.54, 1.807) is 31.2 Å². The van der Waals surface area contributed by atoms with Gasteiger partial charge in [-0.15, -0.1) is 11.3 Å². The first-order valence-electron chi connectivity index (χ1n) is 12.1. The summed E-state index contributed by atoms with van der Waals surface area (Å²) in [5.41, 5.74) is -0.0876. The van der Waals surface area contributed by atoms with E-state index in [1.165, 1.54) is 30.5 Å². The highest BCUT2D eigenvalue weighted by atomic mass is 32.1. The largest absolute Gasteiger partial charge is 0.493 e. The third-order valence-electron chi connectivity index (χ3n) is 5.47. The van der Waals surface area contributed by atoms with E-state index in [2.05, 4.69) is 15.8 Å². The summed E-state index contributed by atoms with van der Waals surface area (Å²) in [6, 6.07) is 9.53. The molecule has 0 aliphatic heterocycles. The molecule has 1 atom stereocenters. The average molecular weight is 543 g/mol. The number of aromatic nitrogens is 1. The molecular formula is C27H34N4O6S. The van der Waals surface area contributed by atoms with Crippen molar-refractivity contribution in [3.8, 4) is 11.5 Å². The van der Waals surface area contributed by atoms with E-state index in [0.717, 1.165) is 4.88 Å². The van der Waals surface area contributed by atoms with Gasteiger partial charge in [-0.05, 0) is 45.2 Å². The second-order valence-electron chi connectivity index (χ2n) is 9.70. The number of amides is 3. The van der Waals surface area contributed by atoms with E-state index in [4.69, 9.17) is 14.0 Å². The SMILES string of the molecule is COc1cccc([C@H](C(=O)NC(C)(C)C)N(Cc2cccs2)C(=O)CCC(=O)Nc2cc(C)on2)c1OC. The Balaban J connectivity index is 1.97. The molecule has 0 saturated heterocycles. The molecule has 0 saturated carbocycles. The molecule has 0 radical (unpaired) electrons. The van der Waals surface area contributed by atoms with Crippen molar-refractivity contribution in [2.45, 2.75) is 58.7 Å². The lowest BCUT2D eigenvalue weighted by molar-refractivity contribution is -0.142. The maximum Gasteiger partial charge on any atom is 0.248 e. The van der Waals surface area contributed by atoms with Crippen LogP contribution in [0.15, 0.2) is 46.3 Å². The van der Waals surface area contributed by atoms with Crippen molar-refractivity contribution < 1.29 is 28.4 Å². The Labute approximate surface area is 226 Å². The van der Waals surface area contributed by atoms with Gasteiger partial charge < -0.3 is 29.5 Å². The van der Waals surface area contributed by atoms with Crippen molar-refractivity contribution in [2.24, 2.45) is 0 Å². The van der Waals surface area contributed by atoms with Crippen LogP contribution in [0.4, 0.5) is 5.82 Å². The van der Waals surface area contributed by atoms with Gasteiger partial charge in [-0.3, -0.25) is 14.4 Å². The summed E-state index contributed by atoms with van der Waals surface area (Å²) >= 11 is 1.47. The first kappa shape index (κ1) is 28.7. The quantitative estimate of drug-likeness (QED) is 0.367. The van der Waals surface area contributed by atoms with Crippen LogP contribution in [0, 0.1) is 6.92 Å². The molecule has 1 aromatic carbocycles. The molecule has 2 heterocycles.